The molecule has 0 fully saturated rings. The summed E-state index contributed by atoms with van der Waals surface area (Å²) in [5.74, 6) is -0.637. The topological polar surface area (TPSA) is 71.3 Å². The van der Waals surface area contributed by atoms with Crippen LogP contribution in [0.5, 0.6) is 0 Å². The maximum Gasteiger partial charge on any atom is 0.291 e. The van der Waals surface area contributed by atoms with E-state index in [0.29, 0.717) is 10.7 Å². The van der Waals surface area contributed by atoms with Crippen molar-refractivity contribution in [3.8, 4) is 0 Å². The van der Waals surface area contributed by atoms with Gasteiger partial charge in [0.25, 0.3) is 5.91 Å². The molecule has 0 saturated heterocycles. The van der Waals surface area contributed by atoms with Gasteiger partial charge in [-0.05, 0) is 30.7 Å². The highest BCUT2D eigenvalue weighted by molar-refractivity contribution is 6.34. The average Bonchev–Trinajstić information content (AvgIpc) is 2.61. The quantitative estimate of drug-likeness (QED) is 0.718. The van der Waals surface area contributed by atoms with Crippen LogP contribution >= 0.6 is 11.6 Å². The maximum atomic E-state index is 12.3. The summed E-state index contributed by atoms with van der Waals surface area (Å²) in [4.78, 5) is 24.5. The van der Waals surface area contributed by atoms with Crippen molar-refractivity contribution in [3.05, 3.63) is 87.4 Å². The molecule has 0 saturated carbocycles. The van der Waals surface area contributed by atoms with E-state index in [1.807, 2.05) is 43.3 Å². The van der Waals surface area contributed by atoms with Gasteiger partial charge in [-0.25, -0.2) is 0 Å². The SMILES string of the molecule is Cc1cccc(Cl)c1NC(=O)c1cc(=O)c(Nc2ccccc2)co1. The number of hydrogen-bond donors (Lipinski definition) is 2. The van der Waals surface area contributed by atoms with Crippen molar-refractivity contribution >= 4 is 34.6 Å². The normalized spacial score (nSPS) is 10.3. The van der Waals surface area contributed by atoms with Crippen molar-refractivity contribution in [3.63, 3.8) is 0 Å². The summed E-state index contributed by atoms with van der Waals surface area (Å²) in [5, 5.41) is 6.03. The minimum Gasteiger partial charge on any atom is -0.457 e. The number of anilines is 3. The molecule has 6 heteroatoms. The molecule has 25 heavy (non-hydrogen) atoms. The zero-order valence-corrected chi connectivity index (χ0v) is 14.1. The monoisotopic (exact) mass is 354 g/mol. The summed E-state index contributed by atoms with van der Waals surface area (Å²) in [6, 6.07) is 15.6. The van der Waals surface area contributed by atoms with Crippen molar-refractivity contribution in [2.75, 3.05) is 10.6 Å². The predicted molar refractivity (Wildman–Crippen MR) is 98.8 cm³/mol. The van der Waals surface area contributed by atoms with Crippen LogP contribution in [0.2, 0.25) is 5.02 Å². The first-order valence-corrected chi connectivity index (χ1v) is 7.94. The van der Waals surface area contributed by atoms with Crippen molar-refractivity contribution in [2.24, 2.45) is 0 Å². The van der Waals surface area contributed by atoms with Crippen LogP contribution in [0, 0.1) is 6.92 Å². The first-order chi connectivity index (χ1) is 12.0. The van der Waals surface area contributed by atoms with Crippen LogP contribution in [0.1, 0.15) is 16.1 Å². The molecule has 0 aliphatic carbocycles. The number of rotatable bonds is 4. The van der Waals surface area contributed by atoms with Gasteiger partial charge in [0.2, 0.25) is 5.43 Å². The summed E-state index contributed by atoms with van der Waals surface area (Å²) in [6.07, 6.45) is 1.23. The number of amides is 1. The van der Waals surface area contributed by atoms with Crippen molar-refractivity contribution in [2.45, 2.75) is 6.92 Å². The Hall–Kier alpha value is -3.05. The largest absolute Gasteiger partial charge is 0.457 e. The van der Waals surface area contributed by atoms with Gasteiger partial charge in [-0.1, -0.05) is 41.9 Å². The first kappa shape index (κ1) is 16.8. The van der Waals surface area contributed by atoms with Gasteiger partial charge in [0, 0.05) is 11.8 Å². The van der Waals surface area contributed by atoms with Gasteiger partial charge in [-0.2, -0.15) is 0 Å². The van der Waals surface area contributed by atoms with E-state index in [2.05, 4.69) is 10.6 Å². The minimum atomic E-state index is -0.542. The minimum absolute atomic E-state index is 0.0945. The van der Waals surface area contributed by atoms with Crippen molar-refractivity contribution < 1.29 is 9.21 Å². The van der Waals surface area contributed by atoms with E-state index in [1.165, 1.54) is 6.26 Å². The lowest BCUT2D eigenvalue weighted by Gasteiger charge is -2.10. The van der Waals surface area contributed by atoms with E-state index in [1.54, 1.807) is 12.1 Å². The molecular weight excluding hydrogens is 340 g/mol. The number of nitrogens with one attached hydrogen (secondary N) is 2. The fourth-order valence-electron chi connectivity index (χ4n) is 2.26. The molecule has 2 N–H and O–H groups in total. The lowest BCUT2D eigenvalue weighted by molar-refractivity contribution is 0.0994. The van der Waals surface area contributed by atoms with E-state index in [0.717, 1.165) is 17.3 Å². The molecule has 0 aliphatic rings. The summed E-state index contributed by atoms with van der Waals surface area (Å²) < 4.78 is 5.31. The average molecular weight is 355 g/mol. The molecule has 0 aliphatic heterocycles. The van der Waals surface area contributed by atoms with Gasteiger partial charge in [0.15, 0.2) is 5.76 Å². The fraction of sp³-hybridized carbons (Fsp3) is 0.0526. The second kappa shape index (κ2) is 7.23. The van der Waals surface area contributed by atoms with Gasteiger partial charge in [-0.15, -0.1) is 0 Å². The highest BCUT2D eigenvalue weighted by Gasteiger charge is 2.14. The van der Waals surface area contributed by atoms with E-state index in [4.69, 9.17) is 16.0 Å². The van der Waals surface area contributed by atoms with Gasteiger partial charge >= 0.3 is 0 Å². The molecule has 0 spiro atoms. The number of benzene rings is 2. The number of carbonyl (C=O) groups excluding carboxylic acids is 1. The molecule has 126 valence electrons. The van der Waals surface area contributed by atoms with E-state index in [-0.39, 0.29) is 16.9 Å². The highest BCUT2D eigenvalue weighted by Crippen LogP contribution is 2.25. The summed E-state index contributed by atoms with van der Waals surface area (Å²) >= 11 is 6.09. The standard InChI is InChI=1S/C19H15ClN2O3/c1-12-6-5-9-14(20)18(12)22-19(24)17-10-16(23)15(11-25-17)21-13-7-3-2-4-8-13/h2-11,21H,1H3,(H,22,24). The Morgan fingerprint density at radius 3 is 2.52 bits per heavy atom. The Morgan fingerprint density at radius 2 is 1.84 bits per heavy atom. The Bertz CT molecular complexity index is 948. The Kier molecular flexibility index (Phi) is 4.86. The van der Waals surface area contributed by atoms with Crippen LogP contribution in [-0.2, 0) is 0 Å². The molecule has 2 aromatic carbocycles. The Balaban J connectivity index is 1.80. The highest BCUT2D eigenvalue weighted by atomic mass is 35.5. The summed E-state index contributed by atoms with van der Waals surface area (Å²) in [6.45, 7) is 1.82. The molecule has 1 amide bonds. The van der Waals surface area contributed by atoms with E-state index >= 15 is 0 Å². The smallest absolute Gasteiger partial charge is 0.291 e. The van der Waals surface area contributed by atoms with E-state index in [9.17, 15) is 9.59 Å². The van der Waals surface area contributed by atoms with Gasteiger partial charge in [0.1, 0.15) is 12.0 Å². The van der Waals surface area contributed by atoms with Gasteiger partial charge in [-0.3, -0.25) is 9.59 Å². The number of aryl methyl sites for hydroxylation is 1. The summed E-state index contributed by atoms with van der Waals surface area (Å²) in [5.41, 5.74) is 1.94. The number of halogens is 1. The zero-order chi connectivity index (χ0) is 17.8. The molecule has 1 heterocycles. The molecule has 5 nitrogen and oxygen atoms in total. The molecule has 0 atom stereocenters. The second-order valence-corrected chi connectivity index (χ2v) is 5.81. The summed E-state index contributed by atoms with van der Waals surface area (Å²) in [7, 11) is 0. The van der Waals surface area contributed by atoms with Crippen molar-refractivity contribution in [1.82, 2.24) is 0 Å². The van der Waals surface area contributed by atoms with Crippen molar-refractivity contribution in [1.29, 1.82) is 0 Å². The van der Waals surface area contributed by atoms with Gasteiger partial charge in [0.05, 0.1) is 10.7 Å². The molecule has 0 bridgehead atoms. The Labute approximate surface area is 149 Å². The molecule has 3 aromatic rings. The lowest BCUT2D eigenvalue weighted by Crippen LogP contribution is -2.16. The van der Waals surface area contributed by atoms with Crippen LogP contribution in [-0.4, -0.2) is 5.91 Å². The number of carbonyl (C=O) groups is 1. The van der Waals surface area contributed by atoms with Crippen LogP contribution in [0.4, 0.5) is 17.1 Å². The molecule has 1 aromatic heterocycles. The zero-order valence-electron chi connectivity index (χ0n) is 13.4. The van der Waals surface area contributed by atoms with Gasteiger partial charge < -0.3 is 15.1 Å². The van der Waals surface area contributed by atoms with Crippen LogP contribution in [0.25, 0.3) is 0 Å². The third-order valence-corrected chi connectivity index (χ3v) is 3.88. The second-order valence-electron chi connectivity index (χ2n) is 5.40. The molecule has 0 radical (unpaired) electrons. The van der Waals surface area contributed by atoms with Crippen LogP contribution in [0.15, 0.2) is 70.1 Å². The maximum absolute atomic E-state index is 12.3. The Morgan fingerprint density at radius 1 is 1.08 bits per heavy atom. The third kappa shape index (κ3) is 3.89. The van der Waals surface area contributed by atoms with Crippen LogP contribution < -0.4 is 16.1 Å². The first-order valence-electron chi connectivity index (χ1n) is 7.56. The van der Waals surface area contributed by atoms with Crippen LogP contribution in [0.3, 0.4) is 0 Å². The molecular formula is C19H15ClN2O3. The fourth-order valence-corrected chi connectivity index (χ4v) is 2.53. The number of hydrogen-bond acceptors (Lipinski definition) is 4. The third-order valence-electron chi connectivity index (χ3n) is 3.57. The molecule has 0 unspecified atom stereocenters. The number of para-hydroxylation sites is 2. The van der Waals surface area contributed by atoms with E-state index < -0.39 is 5.91 Å². The molecule has 3 rings (SSSR count). The lowest BCUT2D eigenvalue weighted by atomic mass is 10.2. The predicted octanol–water partition coefficient (Wildman–Crippen LogP) is 4.60.